The van der Waals surface area contributed by atoms with E-state index >= 15 is 0 Å². The summed E-state index contributed by atoms with van der Waals surface area (Å²) >= 11 is 0. The van der Waals surface area contributed by atoms with E-state index in [4.69, 9.17) is 9.57 Å². The number of nitrogens with one attached hydrogen (secondary N) is 1. The van der Waals surface area contributed by atoms with Crippen LogP contribution in [0.15, 0.2) is 24.3 Å². The lowest BCUT2D eigenvalue weighted by Crippen LogP contribution is -2.29. The fraction of sp³-hybridized carbons (Fsp3) is 0.500. The van der Waals surface area contributed by atoms with Crippen molar-refractivity contribution in [2.45, 2.75) is 25.5 Å². The monoisotopic (exact) mass is 252 g/mol. The van der Waals surface area contributed by atoms with Gasteiger partial charge in [-0.1, -0.05) is 12.1 Å². The smallest absolute Gasteiger partial charge is 0.269 e. The van der Waals surface area contributed by atoms with Gasteiger partial charge in [-0.2, -0.15) is 5.48 Å². The zero-order valence-corrected chi connectivity index (χ0v) is 10.0. The fourth-order valence-corrected chi connectivity index (χ4v) is 1.77. The minimum absolute atomic E-state index is 0.101. The number of non-ortho nitro benzene ring substituents is 1. The highest BCUT2D eigenvalue weighted by Crippen LogP contribution is 2.12. The SMILES string of the molecule is O=[N+]([O-])c1ccc(CNOC2CCOCC2)cc1. The molecule has 0 saturated carbocycles. The van der Waals surface area contributed by atoms with E-state index < -0.39 is 4.92 Å². The highest BCUT2D eigenvalue weighted by molar-refractivity contribution is 5.32. The van der Waals surface area contributed by atoms with E-state index in [1.165, 1.54) is 12.1 Å². The molecule has 1 aliphatic heterocycles. The van der Waals surface area contributed by atoms with Crippen LogP contribution >= 0.6 is 0 Å². The van der Waals surface area contributed by atoms with Crippen molar-refractivity contribution in [3.63, 3.8) is 0 Å². The molecule has 1 fully saturated rings. The van der Waals surface area contributed by atoms with Crippen molar-refractivity contribution < 1.29 is 14.5 Å². The number of ether oxygens (including phenoxy) is 1. The number of hydroxylamine groups is 1. The first-order chi connectivity index (χ1) is 8.75. The molecule has 1 N–H and O–H groups in total. The van der Waals surface area contributed by atoms with Crippen molar-refractivity contribution in [2.24, 2.45) is 0 Å². The molecule has 0 aromatic heterocycles. The highest BCUT2D eigenvalue weighted by Gasteiger charge is 2.14. The van der Waals surface area contributed by atoms with Crippen LogP contribution in [0.3, 0.4) is 0 Å². The minimum Gasteiger partial charge on any atom is -0.381 e. The van der Waals surface area contributed by atoms with Gasteiger partial charge in [0, 0.05) is 31.9 Å². The van der Waals surface area contributed by atoms with Gasteiger partial charge in [-0.3, -0.25) is 15.0 Å². The molecule has 0 atom stereocenters. The Bertz CT molecular complexity index is 388. The summed E-state index contributed by atoms with van der Waals surface area (Å²) in [7, 11) is 0. The van der Waals surface area contributed by atoms with E-state index in [1.807, 2.05) is 0 Å². The zero-order valence-electron chi connectivity index (χ0n) is 10.0. The lowest BCUT2D eigenvalue weighted by molar-refractivity contribution is -0.384. The summed E-state index contributed by atoms with van der Waals surface area (Å²) in [4.78, 5) is 15.6. The van der Waals surface area contributed by atoms with Gasteiger partial charge in [0.1, 0.15) is 0 Å². The number of nitrogens with zero attached hydrogens (tertiary/aromatic N) is 1. The first kappa shape index (κ1) is 12.9. The van der Waals surface area contributed by atoms with Gasteiger partial charge in [0.25, 0.3) is 5.69 Å². The molecule has 2 rings (SSSR count). The molecular weight excluding hydrogens is 236 g/mol. The summed E-state index contributed by atoms with van der Waals surface area (Å²) in [5, 5.41) is 10.5. The van der Waals surface area contributed by atoms with Crippen LogP contribution in [0, 0.1) is 10.1 Å². The molecule has 6 nitrogen and oxygen atoms in total. The third kappa shape index (κ3) is 3.76. The van der Waals surface area contributed by atoms with Crippen molar-refractivity contribution in [1.82, 2.24) is 5.48 Å². The van der Waals surface area contributed by atoms with E-state index in [9.17, 15) is 10.1 Å². The molecular formula is C12H16N2O4. The van der Waals surface area contributed by atoms with Gasteiger partial charge in [0.2, 0.25) is 0 Å². The molecule has 6 heteroatoms. The predicted octanol–water partition coefficient (Wildman–Crippen LogP) is 1.79. The Morgan fingerprint density at radius 3 is 2.61 bits per heavy atom. The summed E-state index contributed by atoms with van der Waals surface area (Å²) < 4.78 is 5.23. The Morgan fingerprint density at radius 2 is 2.00 bits per heavy atom. The lowest BCUT2D eigenvalue weighted by atomic mass is 10.2. The Hall–Kier alpha value is -1.50. The van der Waals surface area contributed by atoms with Crippen molar-refractivity contribution >= 4 is 5.69 Å². The number of nitro benzene ring substituents is 1. The normalized spacial score (nSPS) is 16.7. The molecule has 0 bridgehead atoms. The highest BCUT2D eigenvalue weighted by atomic mass is 16.7. The average Bonchev–Trinajstić information content (AvgIpc) is 2.40. The molecule has 0 spiro atoms. The van der Waals surface area contributed by atoms with Gasteiger partial charge in [-0.05, 0) is 18.4 Å². The van der Waals surface area contributed by atoms with Gasteiger partial charge in [0.05, 0.1) is 11.0 Å². The van der Waals surface area contributed by atoms with E-state index in [1.54, 1.807) is 12.1 Å². The van der Waals surface area contributed by atoms with Gasteiger partial charge >= 0.3 is 0 Å². The van der Waals surface area contributed by atoms with Gasteiger partial charge < -0.3 is 4.74 Å². The first-order valence-electron chi connectivity index (χ1n) is 5.95. The summed E-state index contributed by atoms with van der Waals surface area (Å²) in [6.07, 6.45) is 1.98. The lowest BCUT2D eigenvalue weighted by Gasteiger charge is -2.22. The second-order valence-corrected chi connectivity index (χ2v) is 4.17. The molecule has 1 heterocycles. The second kappa shape index (κ2) is 6.44. The standard InChI is InChI=1S/C12H16N2O4/c15-14(16)11-3-1-10(2-4-11)9-13-18-12-5-7-17-8-6-12/h1-4,12-13H,5-9H2. The maximum Gasteiger partial charge on any atom is 0.269 e. The number of benzene rings is 1. The van der Waals surface area contributed by atoms with Gasteiger partial charge in [-0.15, -0.1) is 0 Å². The maximum atomic E-state index is 10.5. The molecule has 0 radical (unpaired) electrons. The first-order valence-corrected chi connectivity index (χ1v) is 5.95. The third-order valence-corrected chi connectivity index (χ3v) is 2.84. The van der Waals surface area contributed by atoms with Crippen LogP contribution < -0.4 is 5.48 Å². The van der Waals surface area contributed by atoms with Crippen LogP contribution in [0.1, 0.15) is 18.4 Å². The molecule has 98 valence electrons. The van der Waals surface area contributed by atoms with Gasteiger partial charge in [0.15, 0.2) is 0 Å². The maximum absolute atomic E-state index is 10.5. The molecule has 0 unspecified atom stereocenters. The van der Waals surface area contributed by atoms with Crippen LogP contribution in [0.5, 0.6) is 0 Å². The van der Waals surface area contributed by atoms with Crippen molar-refractivity contribution in [3.8, 4) is 0 Å². The van der Waals surface area contributed by atoms with Crippen molar-refractivity contribution in [1.29, 1.82) is 0 Å². The average molecular weight is 252 g/mol. The minimum atomic E-state index is -0.407. The Morgan fingerprint density at radius 1 is 1.33 bits per heavy atom. The Kier molecular flexibility index (Phi) is 4.63. The predicted molar refractivity (Wildman–Crippen MR) is 64.9 cm³/mol. The van der Waals surface area contributed by atoms with E-state index in [0.717, 1.165) is 31.6 Å². The summed E-state index contributed by atoms with van der Waals surface area (Å²) in [6.45, 7) is 2.02. The van der Waals surface area contributed by atoms with Gasteiger partial charge in [-0.25, -0.2) is 0 Å². The molecule has 0 aliphatic carbocycles. The third-order valence-electron chi connectivity index (χ3n) is 2.84. The van der Waals surface area contributed by atoms with E-state index in [0.29, 0.717) is 6.54 Å². The quantitative estimate of drug-likeness (QED) is 0.639. The van der Waals surface area contributed by atoms with Crippen molar-refractivity contribution in [3.05, 3.63) is 39.9 Å². The Labute approximate surface area is 105 Å². The van der Waals surface area contributed by atoms with Crippen LogP contribution in [-0.2, 0) is 16.1 Å². The molecule has 18 heavy (non-hydrogen) atoms. The molecule has 1 aromatic carbocycles. The Balaban J connectivity index is 1.74. The summed E-state index contributed by atoms with van der Waals surface area (Å²) in [5.74, 6) is 0. The van der Waals surface area contributed by atoms with Crippen LogP contribution in [0.25, 0.3) is 0 Å². The molecule has 1 aromatic rings. The molecule has 0 amide bonds. The fourth-order valence-electron chi connectivity index (χ4n) is 1.77. The molecule has 1 aliphatic rings. The van der Waals surface area contributed by atoms with Crippen LogP contribution in [-0.4, -0.2) is 24.2 Å². The van der Waals surface area contributed by atoms with Crippen LogP contribution in [0.4, 0.5) is 5.69 Å². The van der Waals surface area contributed by atoms with E-state index in [-0.39, 0.29) is 11.8 Å². The zero-order chi connectivity index (χ0) is 12.8. The second-order valence-electron chi connectivity index (χ2n) is 4.17. The van der Waals surface area contributed by atoms with E-state index in [2.05, 4.69) is 5.48 Å². The topological polar surface area (TPSA) is 73.6 Å². The summed E-state index contributed by atoms with van der Waals surface area (Å²) in [6, 6.07) is 6.42. The number of rotatable bonds is 5. The van der Waals surface area contributed by atoms with Crippen molar-refractivity contribution in [2.75, 3.05) is 13.2 Å². The molecule has 1 saturated heterocycles. The number of hydrogen-bond donors (Lipinski definition) is 1. The number of nitro groups is 1. The largest absolute Gasteiger partial charge is 0.381 e. The van der Waals surface area contributed by atoms with Crippen LogP contribution in [0.2, 0.25) is 0 Å². The summed E-state index contributed by atoms with van der Waals surface area (Å²) in [5.41, 5.74) is 3.95. The number of hydrogen-bond acceptors (Lipinski definition) is 5.